The number of ketones is 2. The van der Waals surface area contributed by atoms with E-state index in [2.05, 4.69) is 33.1 Å². The molecule has 0 radical (unpaired) electrons. The van der Waals surface area contributed by atoms with Crippen molar-refractivity contribution in [1.29, 1.82) is 0 Å². The molecular formula is C49H55FN10O7. The number of hydrogen-bond acceptors (Lipinski definition) is 13. The van der Waals surface area contributed by atoms with Gasteiger partial charge < -0.3 is 24.7 Å². The summed E-state index contributed by atoms with van der Waals surface area (Å²) in [4.78, 5) is 101. The van der Waals surface area contributed by atoms with Gasteiger partial charge in [-0.05, 0) is 68.5 Å². The number of aliphatic hydroxyl groups is 1. The molecule has 2 atom stereocenters. The van der Waals surface area contributed by atoms with E-state index in [0.717, 1.165) is 11.6 Å². The smallest absolute Gasteiger partial charge is 0.354 e. The minimum Gasteiger partial charge on any atom is -0.504 e. The Morgan fingerprint density at radius 2 is 1.25 bits per heavy atom. The Hall–Kier alpha value is -7.37. The van der Waals surface area contributed by atoms with Gasteiger partial charge in [0.15, 0.2) is 17.4 Å². The van der Waals surface area contributed by atoms with E-state index in [1.54, 1.807) is 9.80 Å². The fourth-order valence-corrected chi connectivity index (χ4v) is 9.21. The molecule has 4 aliphatic rings. The summed E-state index contributed by atoms with van der Waals surface area (Å²) in [6.45, 7) is 21.5. The second-order valence-corrected chi connectivity index (χ2v) is 17.1. The van der Waals surface area contributed by atoms with Crippen molar-refractivity contribution >= 4 is 47.2 Å². The average molecular weight is 915 g/mol. The SMILES string of the molecule is C=CC(=O)N1CCN(c2nc(=O)n(-c3c(CC)ncnc3CC)c3c2C=C(F)C(=O)C3)[C@@H](C)C1.C=CC(=O)N1CCN(c2nc(=O)n(-c3ccccc3C(C)C)c3c2C=C(O)C(=O)C3)[C@@H](C)C1. The highest BCUT2D eigenvalue weighted by atomic mass is 19.1. The minimum absolute atomic E-state index is 0.0991. The summed E-state index contributed by atoms with van der Waals surface area (Å²) in [6, 6.07) is 7.28. The number of benzene rings is 1. The second kappa shape index (κ2) is 19.6. The molecule has 0 bridgehead atoms. The fourth-order valence-electron chi connectivity index (χ4n) is 9.21. The molecule has 1 aromatic carbocycles. The summed E-state index contributed by atoms with van der Waals surface area (Å²) in [5.41, 5.74) is 4.24. The third kappa shape index (κ3) is 9.11. The standard InChI is InChI=1S/C25H28N4O4.C24H27FN6O3/c1-5-23(32)27-10-11-28(16(4)14-27)24-18-12-21(30)22(31)13-20(18)29(25(33)26-24)19-9-7-6-8-17(19)15(2)3;1-5-17-22(18(6-2)27-13-26-17)31-19-11-20(32)16(25)10-15(19)23(28-24(31)34)30-9-8-29(12-14(30)4)21(33)7-3/h5-9,12,15-16,30H,1,10-11,13-14H2,2-4H3;7,10,13-14H,3,5-6,8-9,11-12H2,1-2,4H3/t16-;14-/m00/s1. The van der Waals surface area contributed by atoms with E-state index in [0.29, 0.717) is 109 Å². The van der Waals surface area contributed by atoms with Crippen molar-refractivity contribution in [3.63, 3.8) is 0 Å². The molecular weight excluding hydrogens is 860 g/mol. The molecule has 67 heavy (non-hydrogen) atoms. The van der Waals surface area contributed by atoms with Crippen LogP contribution >= 0.6 is 0 Å². The largest absolute Gasteiger partial charge is 0.504 e. The predicted molar refractivity (Wildman–Crippen MR) is 252 cm³/mol. The van der Waals surface area contributed by atoms with Gasteiger partial charge in [0.1, 0.15) is 18.0 Å². The normalized spacial score (nSPS) is 18.1. The van der Waals surface area contributed by atoms with Gasteiger partial charge in [-0.3, -0.25) is 28.3 Å². The number of rotatable bonds is 9. The lowest BCUT2D eigenvalue weighted by atomic mass is 9.97. The van der Waals surface area contributed by atoms with Crippen LogP contribution in [0.4, 0.5) is 16.0 Å². The zero-order valence-corrected chi connectivity index (χ0v) is 38.7. The van der Waals surface area contributed by atoms with Gasteiger partial charge in [-0.25, -0.2) is 23.9 Å². The predicted octanol–water partition coefficient (Wildman–Crippen LogP) is 4.41. The van der Waals surface area contributed by atoms with Crippen LogP contribution in [-0.2, 0) is 44.9 Å². The van der Waals surface area contributed by atoms with Crippen molar-refractivity contribution in [2.45, 2.75) is 85.2 Å². The van der Waals surface area contributed by atoms with Crippen LogP contribution in [0, 0.1) is 0 Å². The number of aliphatic hydroxyl groups excluding tert-OH is 1. The Morgan fingerprint density at radius 3 is 1.76 bits per heavy atom. The lowest BCUT2D eigenvalue weighted by Gasteiger charge is -2.41. The molecule has 2 amide bonds. The van der Waals surface area contributed by atoms with E-state index in [1.807, 2.05) is 75.6 Å². The molecule has 2 saturated heterocycles. The topological polar surface area (TPSA) is 197 Å². The zero-order valence-electron chi connectivity index (χ0n) is 38.7. The number of carbonyl (C=O) groups is 4. The second-order valence-electron chi connectivity index (χ2n) is 17.1. The van der Waals surface area contributed by atoms with Crippen LogP contribution in [0.25, 0.3) is 23.5 Å². The van der Waals surface area contributed by atoms with E-state index < -0.39 is 28.8 Å². The third-order valence-electron chi connectivity index (χ3n) is 12.6. The molecule has 2 fully saturated rings. The van der Waals surface area contributed by atoms with Gasteiger partial charge >= 0.3 is 11.4 Å². The summed E-state index contributed by atoms with van der Waals surface area (Å²) >= 11 is 0. The number of halogens is 1. The van der Waals surface area contributed by atoms with Gasteiger partial charge in [0, 0.05) is 73.9 Å². The summed E-state index contributed by atoms with van der Waals surface area (Å²) in [5, 5.41) is 10.2. The minimum atomic E-state index is -0.871. The molecule has 0 unspecified atom stereocenters. The first-order chi connectivity index (χ1) is 32.0. The maximum atomic E-state index is 14.5. The van der Waals surface area contributed by atoms with Gasteiger partial charge in [0.2, 0.25) is 17.6 Å². The lowest BCUT2D eigenvalue weighted by Crippen LogP contribution is -2.54. The Kier molecular flexibility index (Phi) is 13.9. The van der Waals surface area contributed by atoms with Gasteiger partial charge in [-0.1, -0.05) is 59.1 Å². The molecule has 17 nitrogen and oxygen atoms in total. The number of para-hydroxylation sites is 1. The monoisotopic (exact) mass is 914 g/mol. The van der Waals surface area contributed by atoms with Crippen molar-refractivity contribution in [3.8, 4) is 11.4 Å². The van der Waals surface area contributed by atoms with Crippen LogP contribution in [0.3, 0.4) is 0 Å². The van der Waals surface area contributed by atoms with E-state index >= 15 is 0 Å². The first-order valence-corrected chi connectivity index (χ1v) is 22.5. The number of anilines is 2. The van der Waals surface area contributed by atoms with E-state index in [9.17, 15) is 38.3 Å². The first kappa shape index (κ1) is 47.6. The molecule has 5 heterocycles. The zero-order chi connectivity index (χ0) is 48.4. The molecule has 18 heteroatoms. The molecule has 2 aliphatic heterocycles. The number of carbonyl (C=O) groups excluding carboxylic acids is 4. The van der Waals surface area contributed by atoms with E-state index in [4.69, 9.17) is 0 Å². The van der Waals surface area contributed by atoms with Gasteiger partial charge in [0.25, 0.3) is 0 Å². The van der Waals surface area contributed by atoms with Crippen molar-refractivity contribution in [2.24, 2.45) is 0 Å². The van der Waals surface area contributed by atoms with Crippen molar-refractivity contribution in [3.05, 3.63) is 128 Å². The van der Waals surface area contributed by atoms with Crippen molar-refractivity contribution in [1.82, 2.24) is 38.9 Å². The molecule has 4 aromatic rings. The highest BCUT2D eigenvalue weighted by molar-refractivity contribution is 6.03. The fraction of sp³-hybridized carbons (Fsp3) is 0.388. The first-order valence-electron chi connectivity index (χ1n) is 22.5. The molecule has 3 aromatic heterocycles. The quantitative estimate of drug-likeness (QED) is 0.232. The highest BCUT2D eigenvalue weighted by Gasteiger charge is 2.35. The van der Waals surface area contributed by atoms with Gasteiger partial charge in [-0.2, -0.15) is 9.97 Å². The maximum absolute atomic E-state index is 14.5. The number of aryl methyl sites for hydroxylation is 2. The molecule has 0 spiro atoms. The summed E-state index contributed by atoms with van der Waals surface area (Å²) in [7, 11) is 0. The number of fused-ring (bicyclic) bond motifs is 2. The van der Waals surface area contributed by atoms with Gasteiger partial charge in [0.05, 0.1) is 35.6 Å². The van der Waals surface area contributed by atoms with Crippen LogP contribution in [-0.4, -0.2) is 119 Å². The third-order valence-corrected chi connectivity index (χ3v) is 12.6. The Bertz CT molecular complexity index is 2860. The number of hydrogen-bond donors (Lipinski definition) is 1. The Labute approximate surface area is 387 Å². The van der Waals surface area contributed by atoms with Crippen LogP contribution in [0.1, 0.15) is 86.9 Å². The Morgan fingerprint density at radius 1 is 0.761 bits per heavy atom. The van der Waals surface area contributed by atoms with E-state index in [1.165, 1.54) is 33.7 Å². The number of allylic oxidation sites excluding steroid dienone is 2. The van der Waals surface area contributed by atoms with Gasteiger partial charge in [-0.15, -0.1) is 0 Å². The van der Waals surface area contributed by atoms with E-state index in [-0.39, 0.29) is 48.4 Å². The maximum Gasteiger partial charge on any atom is 0.354 e. The molecule has 8 rings (SSSR count). The summed E-state index contributed by atoms with van der Waals surface area (Å²) in [6.07, 6.45) is 7.31. The number of Topliss-reactive ketones (excluding diaryl/α,β-unsaturated/α-hetero) is 2. The number of nitrogens with zero attached hydrogens (tertiary/aromatic N) is 10. The van der Waals surface area contributed by atoms with Crippen molar-refractivity contribution < 1.29 is 28.7 Å². The van der Waals surface area contributed by atoms with Crippen LogP contribution in [0.5, 0.6) is 0 Å². The molecule has 350 valence electrons. The molecule has 0 saturated carbocycles. The lowest BCUT2D eigenvalue weighted by molar-refractivity contribution is -0.127. The number of piperazine rings is 2. The number of amides is 2. The number of aromatic nitrogens is 6. The van der Waals surface area contributed by atoms with Crippen LogP contribution in [0.2, 0.25) is 0 Å². The van der Waals surface area contributed by atoms with Crippen LogP contribution < -0.4 is 21.2 Å². The molecule has 2 aliphatic carbocycles. The highest BCUT2D eigenvalue weighted by Crippen LogP contribution is 2.35. The van der Waals surface area contributed by atoms with Crippen LogP contribution in [0.15, 0.2) is 77.1 Å². The Balaban J connectivity index is 0.000000199. The summed E-state index contributed by atoms with van der Waals surface area (Å²) < 4.78 is 17.4. The summed E-state index contributed by atoms with van der Waals surface area (Å²) in [5.74, 6) is -1.77. The molecule has 1 N–H and O–H groups in total. The average Bonchev–Trinajstić information content (AvgIpc) is 3.31. The van der Waals surface area contributed by atoms with Crippen molar-refractivity contribution in [2.75, 3.05) is 49.1 Å².